The molecule has 1 saturated heterocycles. The minimum absolute atomic E-state index is 0.0437. The van der Waals surface area contributed by atoms with Gasteiger partial charge in [-0.05, 0) is 23.8 Å². The molecule has 1 atom stereocenters. The Hall–Kier alpha value is -4.26. The van der Waals surface area contributed by atoms with Crippen LogP contribution >= 0.6 is 0 Å². The van der Waals surface area contributed by atoms with E-state index in [1.54, 1.807) is 24.3 Å². The smallest absolute Gasteiger partial charge is 0.341 e. The molecule has 0 bridgehead atoms. The van der Waals surface area contributed by atoms with Crippen LogP contribution in [0.4, 0.5) is 16.3 Å². The van der Waals surface area contributed by atoms with Crippen LogP contribution in [0, 0.1) is 6.07 Å². The first-order chi connectivity index (χ1) is 17.5. The molecular weight excluding hydrogens is 466 g/mol. The van der Waals surface area contributed by atoms with Gasteiger partial charge in [0.1, 0.15) is 5.69 Å². The van der Waals surface area contributed by atoms with E-state index in [2.05, 4.69) is 26.0 Å². The zero-order chi connectivity index (χ0) is 24.8. The fourth-order valence-corrected chi connectivity index (χ4v) is 4.46. The summed E-state index contributed by atoms with van der Waals surface area (Å²) >= 11 is 0. The van der Waals surface area contributed by atoms with E-state index in [-0.39, 0.29) is 11.5 Å². The number of para-hydroxylation sites is 1. The van der Waals surface area contributed by atoms with Gasteiger partial charge in [-0.25, -0.2) is 24.5 Å². The van der Waals surface area contributed by atoms with Crippen molar-refractivity contribution < 1.29 is 24.3 Å². The van der Waals surface area contributed by atoms with Crippen LogP contribution in [0.5, 0.6) is 0 Å². The average Bonchev–Trinajstić information content (AvgIpc) is 3.59. The maximum absolute atomic E-state index is 12.2. The van der Waals surface area contributed by atoms with Crippen molar-refractivity contribution in [2.24, 2.45) is 5.73 Å². The molecule has 0 spiro atoms. The normalized spacial score (nSPS) is 18.0. The Labute approximate surface area is 204 Å². The lowest BCUT2D eigenvalue weighted by Gasteiger charge is -2.26. The van der Waals surface area contributed by atoms with Gasteiger partial charge in [0.2, 0.25) is 6.10 Å². The number of primary amides is 1. The Morgan fingerprint density at radius 3 is 2.78 bits per heavy atom. The summed E-state index contributed by atoms with van der Waals surface area (Å²) in [5, 5.41) is 15.1. The van der Waals surface area contributed by atoms with Crippen LogP contribution in [0.3, 0.4) is 0 Å². The Balaban J connectivity index is 1.35. The number of ether oxygens (including phenoxy) is 1. The first-order valence-electron chi connectivity index (χ1n) is 11.4. The van der Waals surface area contributed by atoms with E-state index in [0.717, 1.165) is 54.1 Å². The number of fused-ring (bicyclic) bond motifs is 2. The van der Waals surface area contributed by atoms with Gasteiger partial charge >= 0.3 is 12.0 Å². The van der Waals surface area contributed by atoms with Crippen LogP contribution in [0.25, 0.3) is 22.6 Å². The topological polar surface area (TPSA) is 152 Å². The third-order valence-electron chi connectivity index (χ3n) is 6.19. The van der Waals surface area contributed by atoms with E-state index < -0.39 is 18.1 Å². The lowest BCUT2D eigenvalue weighted by Crippen LogP contribution is -2.35. The first kappa shape index (κ1) is 22.2. The van der Waals surface area contributed by atoms with E-state index in [1.807, 2.05) is 18.2 Å². The summed E-state index contributed by atoms with van der Waals surface area (Å²) < 4.78 is 6.33. The van der Waals surface area contributed by atoms with Crippen molar-refractivity contribution in [2.45, 2.75) is 12.6 Å². The third-order valence-corrected chi connectivity index (χ3v) is 6.19. The number of aromatic amines is 1. The second-order valence-electron chi connectivity index (χ2n) is 8.55. The van der Waals surface area contributed by atoms with E-state index in [9.17, 15) is 14.7 Å². The second-order valence-corrected chi connectivity index (χ2v) is 8.55. The SMILES string of the molecule is NC(=O)n1nc(-c2nc3cc(CN4CCOCC4)ccc3[nH]2)[c]c1N1OC(C(=O)O)c2ccccc21. The van der Waals surface area contributed by atoms with Crippen LogP contribution in [-0.2, 0) is 20.9 Å². The number of morpholine rings is 1. The van der Waals surface area contributed by atoms with E-state index in [1.165, 1.54) is 5.06 Å². The molecule has 2 aromatic carbocycles. The number of nitrogens with one attached hydrogen (secondary N) is 1. The lowest BCUT2D eigenvalue weighted by atomic mass is 10.1. The Bertz CT molecular complexity index is 1470. The highest BCUT2D eigenvalue weighted by molar-refractivity contribution is 5.85. The van der Waals surface area contributed by atoms with Crippen LogP contribution in [-0.4, -0.2) is 68.1 Å². The van der Waals surface area contributed by atoms with Gasteiger partial charge in [0.15, 0.2) is 11.6 Å². The molecule has 1 unspecified atom stereocenters. The maximum Gasteiger partial charge on any atom is 0.341 e. The molecule has 1 amide bonds. The van der Waals surface area contributed by atoms with Crippen molar-refractivity contribution in [3.8, 4) is 11.5 Å². The minimum atomic E-state index is -1.25. The Morgan fingerprint density at radius 2 is 2.00 bits per heavy atom. The summed E-state index contributed by atoms with van der Waals surface area (Å²) in [5.74, 6) is -0.736. The molecule has 2 aliphatic rings. The van der Waals surface area contributed by atoms with Crippen molar-refractivity contribution >= 4 is 34.5 Å². The predicted octanol–water partition coefficient (Wildman–Crippen LogP) is 2.19. The van der Waals surface area contributed by atoms with Gasteiger partial charge in [0, 0.05) is 25.2 Å². The molecule has 4 aromatic rings. The number of rotatable bonds is 5. The third kappa shape index (κ3) is 3.86. The molecule has 36 heavy (non-hydrogen) atoms. The summed E-state index contributed by atoms with van der Waals surface area (Å²) in [6.07, 6.45) is -1.25. The molecule has 183 valence electrons. The lowest BCUT2D eigenvalue weighted by molar-refractivity contribution is -0.149. The number of carboxylic acids is 1. The maximum atomic E-state index is 12.2. The second kappa shape index (κ2) is 8.75. The molecule has 1 radical (unpaired) electrons. The standard InChI is InChI=1S/C24H22N7O5/c25-24(34)30-20(31-19-4-2-1-3-15(19)21(36-31)23(32)33)12-18(28-30)22-26-16-6-5-14(11-17(16)27-22)13-29-7-9-35-10-8-29/h1-6,11,21H,7-10,13H2,(H2,25,34)(H,26,27)(H,32,33). The number of anilines is 2. The number of aliphatic carboxylic acids is 1. The van der Waals surface area contributed by atoms with Crippen molar-refractivity contribution in [1.29, 1.82) is 0 Å². The minimum Gasteiger partial charge on any atom is -0.479 e. The molecule has 12 nitrogen and oxygen atoms in total. The van der Waals surface area contributed by atoms with Crippen LogP contribution in [0.2, 0.25) is 0 Å². The number of benzene rings is 2. The van der Waals surface area contributed by atoms with Crippen molar-refractivity contribution in [3.63, 3.8) is 0 Å². The molecule has 6 rings (SSSR count). The van der Waals surface area contributed by atoms with Crippen molar-refractivity contribution in [3.05, 3.63) is 59.7 Å². The van der Waals surface area contributed by atoms with Gasteiger partial charge in [-0.15, -0.1) is 0 Å². The number of H-pyrrole nitrogens is 1. The van der Waals surface area contributed by atoms with Crippen LogP contribution in [0.1, 0.15) is 17.2 Å². The van der Waals surface area contributed by atoms with Gasteiger partial charge in [-0.3, -0.25) is 4.90 Å². The highest BCUT2D eigenvalue weighted by Crippen LogP contribution is 2.42. The predicted molar refractivity (Wildman–Crippen MR) is 127 cm³/mol. The van der Waals surface area contributed by atoms with Crippen LogP contribution < -0.4 is 10.8 Å². The zero-order valence-electron chi connectivity index (χ0n) is 19.0. The summed E-state index contributed by atoms with van der Waals surface area (Å²) in [7, 11) is 0. The number of carboxylic acid groups (broad SMARTS) is 1. The monoisotopic (exact) mass is 488 g/mol. The quantitative estimate of drug-likeness (QED) is 0.384. The van der Waals surface area contributed by atoms with E-state index in [4.69, 9.17) is 15.3 Å². The first-order valence-corrected chi connectivity index (χ1v) is 11.4. The molecule has 1 fully saturated rings. The van der Waals surface area contributed by atoms with Gasteiger partial charge in [0.25, 0.3) is 0 Å². The summed E-state index contributed by atoms with van der Waals surface area (Å²) in [4.78, 5) is 39.8. The average molecular weight is 488 g/mol. The van der Waals surface area contributed by atoms with E-state index in [0.29, 0.717) is 17.1 Å². The van der Waals surface area contributed by atoms with Gasteiger partial charge < -0.3 is 20.6 Å². The molecule has 0 aliphatic carbocycles. The molecule has 12 heteroatoms. The molecule has 2 aromatic heterocycles. The number of carbonyl (C=O) groups is 2. The number of nitrogens with two attached hydrogens (primary N) is 1. The Kier molecular flexibility index (Phi) is 5.40. The zero-order valence-corrected chi connectivity index (χ0v) is 19.0. The van der Waals surface area contributed by atoms with Gasteiger partial charge in [-0.1, -0.05) is 24.3 Å². The van der Waals surface area contributed by atoms with Gasteiger partial charge in [-0.2, -0.15) is 9.78 Å². The Morgan fingerprint density at radius 1 is 1.19 bits per heavy atom. The summed E-state index contributed by atoms with van der Waals surface area (Å²) in [5.41, 5.74) is 9.36. The summed E-state index contributed by atoms with van der Waals surface area (Å²) in [6.45, 7) is 4.03. The number of carbonyl (C=O) groups excluding carboxylic acids is 1. The van der Waals surface area contributed by atoms with Gasteiger partial charge in [0.05, 0.1) is 36.0 Å². The largest absolute Gasteiger partial charge is 0.479 e. The number of aromatic nitrogens is 4. The molecular formula is C24H22N7O5. The highest BCUT2D eigenvalue weighted by atomic mass is 16.7. The number of hydrogen-bond acceptors (Lipinski definition) is 8. The van der Waals surface area contributed by atoms with Crippen molar-refractivity contribution in [1.82, 2.24) is 24.6 Å². The number of hydrogen-bond donors (Lipinski definition) is 3. The fourth-order valence-electron chi connectivity index (χ4n) is 4.46. The number of imidazole rings is 1. The van der Waals surface area contributed by atoms with E-state index >= 15 is 0 Å². The molecule has 4 N–H and O–H groups in total. The molecule has 0 saturated carbocycles. The molecule has 4 heterocycles. The fraction of sp³-hybridized carbons (Fsp3) is 0.250. The number of amides is 1. The summed E-state index contributed by atoms with van der Waals surface area (Å²) in [6, 6.07) is 14.9. The van der Waals surface area contributed by atoms with Crippen molar-refractivity contribution in [2.75, 3.05) is 31.4 Å². The molecule has 2 aliphatic heterocycles. The van der Waals surface area contributed by atoms with Crippen LogP contribution in [0.15, 0.2) is 42.5 Å². The number of nitrogens with zero attached hydrogens (tertiary/aromatic N) is 5. The highest BCUT2D eigenvalue weighted by Gasteiger charge is 2.38.